The second kappa shape index (κ2) is 6.98. The van der Waals surface area contributed by atoms with Crippen molar-refractivity contribution in [2.45, 2.75) is 6.10 Å². The van der Waals surface area contributed by atoms with Crippen LogP contribution in [0.5, 0.6) is 0 Å². The fourth-order valence-corrected chi connectivity index (χ4v) is 2.89. The molecule has 7 heteroatoms. The third kappa shape index (κ3) is 4.00. The highest BCUT2D eigenvalue weighted by Gasteiger charge is 2.17. The molecule has 0 bridgehead atoms. The SMILES string of the molecule is COC(CNC(=O)c1ccc(F)cc1F)c1ccc(Cl)s1. The largest absolute Gasteiger partial charge is 0.374 e. The van der Waals surface area contributed by atoms with E-state index in [-0.39, 0.29) is 18.2 Å². The molecule has 1 heterocycles. The third-order valence-corrected chi connectivity index (χ3v) is 4.14. The summed E-state index contributed by atoms with van der Waals surface area (Å²) >= 11 is 7.18. The summed E-state index contributed by atoms with van der Waals surface area (Å²) in [6.45, 7) is 0.156. The molecule has 0 radical (unpaired) electrons. The maximum absolute atomic E-state index is 13.5. The highest BCUT2D eigenvalue weighted by molar-refractivity contribution is 7.16. The lowest BCUT2D eigenvalue weighted by atomic mass is 10.2. The van der Waals surface area contributed by atoms with Crippen LogP contribution in [0.15, 0.2) is 30.3 Å². The van der Waals surface area contributed by atoms with E-state index in [0.717, 1.165) is 17.0 Å². The van der Waals surface area contributed by atoms with E-state index < -0.39 is 17.5 Å². The minimum absolute atomic E-state index is 0.156. The minimum Gasteiger partial charge on any atom is -0.374 e. The first-order valence-corrected chi connectivity index (χ1v) is 7.22. The van der Waals surface area contributed by atoms with Crippen molar-refractivity contribution in [3.8, 4) is 0 Å². The molecule has 0 aliphatic rings. The molecule has 0 spiro atoms. The molecule has 1 aromatic heterocycles. The van der Waals surface area contributed by atoms with Crippen molar-refractivity contribution in [1.29, 1.82) is 0 Å². The Labute approximate surface area is 129 Å². The number of carbonyl (C=O) groups is 1. The van der Waals surface area contributed by atoms with Crippen LogP contribution in [0, 0.1) is 11.6 Å². The van der Waals surface area contributed by atoms with Crippen molar-refractivity contribution < 1.29 is 18.3 Å². The summed E-state index contributed by atoms with van der Waals surface area (Å²) in [5.74, 6) is -2.26. The maximum Gasteiger partial charge on any atom is 0.254 e. The van der Waals surface area contributed by atoms with Crippen LogP contribution >= 0.6 is 22.9 Å². The molecule has 1 N–H and O–H groups in total. The van der Waals surface area contributed by atoms with Gasteiger partial charge in [-0.25, -0.2) is 8.78 Å². The van der Waals surface area contributed by atoms with Crippen LogP contribution in [0.4, 0.5) is 8.78 Å². The Bertz CT molecular complexity index is 648. The first kappa shape index (κ1) is 15.9. The Balaban J connectivity index is 2.02. The van der Waals surface area contributed by atoms with Crippen LogP contribution in [-0.2, 0) is 4.74 Å². The molecule has 0 fully saturated rings. The zero-order chi connectivity index (χ0) is 15.4. The number of hydrogen-bond acceptors (Lipinski definition) is 3. The van der Waals surface area contributed by atoms with Crippen LogP contribution in [0.3, 0.4) is 0 Å². The number of nitrogens with one attached hydrogen (secondary N) is 1. The van der Waals surface area contributed by atoms with Gasteiger partial charge in [-0.05, 0) is 24.3 Å². The van der Waals surface area contributed by atoms with E-state index in [0.29, 0.717) is 10.4 Å². The van der Waals surface area contributed by atoms with Gasteiger partial charge in [-0.3, -0.25) is 4.79 Å². The van der Waals surface area contributed by atoms with E-state index in [1.54, 1.807) is 12.1 Å². The van der Waals surface area contributed by atoms with Gasteiger partial charge < -0.3 is 10.1 Å². The molecule has 2 aromatic rings. The Morgan fingerprint density at radius 2 is 2.14 bits per heavy atom. The molecule has 0 saturated heterocycles. The molecule has 112 valence electrons. The summed E-state index contributed by atoms with van der Waals surface area (Å²) in [7, 11) is 1.50. The van der Waals surface area contributed by atoms with Crippen LogP contribution < -0.4 is 5.32 Å². The topological polar surface area (TPSA) is 38.3 Å². The number of thiophene rings is 1. The number of ether oxygens (including phenoxy) is 1. The van der Waals surface area contributed by atoms with Gasteiger partial charge in [0.15, 0.2) is 0 Å². The lowest BCUT2D eigenvalue weighted by Gasteiger charge is -2.14. The van der Waals surface area contributed by atoms with Gasteiger partial charge in [0.25, 0.3) is 5.91 Å². The quantitative estimate of drug-likeness (QED) is 0.905. The van der Waals surface area contributed by atoms with Crippen molar-refractivity contribution in [2.75, 3.05) is 13.7 Å². The fourth-order valence-electron chi connectivity index (χ4n) is 1.76. The summed E-state index contributed by atoms with van der Waals surface area (Å²) in [6.07, 6.45) is -0.380. The number of carbonyl (C=O) groups excluding carboxylic acids is 1. The van der Waals surface area contributed by atoms with Crippen LogP contribution in [0.25, 0.3) is 0 Å². The summed E-state index contributed by atoms with van der Waals surface area (Å²) in [4.78, 5) is 12.7. The van der Waals surface area contributed by atoms with E-state index in [2.05, 4.69) is 5.32 Å². The molecule has 1 unspecified atom stereocenters. The predicted octanol–water partition coefficient (Wildman–Crippen LogP) is 3.80. The molecule has 3 nitrogen and oxygen atoms in total. The van der Waals surface area contributed by atoms with Gasteiger partial charge in [-0.15, -0.1) is 11.3 Å². The first-order chi connectivity index (χ1) is 10.0. The van der Waals surface area contributed by atoms with Crippen LogP contribution in [0.1, 0.15) is 21.3 Å². The van der Waals surface area contributed by atoms with Crippen molar-refractivity contribution in [2.24, 2.45) is 0 Å². The Kier molecular flexibility index (Phi) is 5.27. The molecule has 1 amide bonds. The van der Waals surface area contributed by atoms with E-state index in [1.807, 2.05) is 0 Å². The minimum atomic E-state index is -0.902. The van der Waals surface area contributed by atoms with Gasteiger partial charge in [0.2, 0.25) is 0 Å². The molecule has 0 saturated carbocycles. The summed E-state index contributed by atoms with van der Waals surface area (Å²) < 4.78 is 32.2. The van der Waals surface area contributed by atoms with Crippen LogP contribution in [0.2, 0.25) is 4.34 Å². The third-order valence-electron chi connectivity index (χ3n) is 2.82. The molecular formula is C14H12ClF2NO2S. The number of methoxy groups -OCH3 is 1. The van der Waals surface area contributed by atoms with Gasteiger partial charge in [0.1, 0.15) is 17.7 Å². The van der Waals surface area contributed by atoms with Crippen molar-refractivity contribution in [3.63, 3.8) is 0 Å². The van der Waals surface area contributed by atoms with Gasteiger partial charge in [0, 0.05) is 24.6 Å². The lowest BCUT2D eigenvalue weighted by Crippen LogP contribution is -2.29. The number of hydrogen-bond donors (Lipinski definition) is 1. The number of rotatable bonds is 5. The Morgan fingerprint density at radius 3 is 2.71 bits per heavy atom. The monoisotopic (exact) mass is 331 g/mol. The number of benzene rings is 1. The van der Waals surface area contributed by atoms with E-state index in [4.69, 9.17) is 16.3 Å². The molecule has 0 aliphatic carbocycles. The number of halogens is 3. The van der Waals surface area contributed by atoms with Gasteiger partial charge >= 0.3 is 0 Å². The van der Waals surface area contributed by atoms with Crippen molar-refractivity contribution in [1.82, 2.24) is 5.32 Å². The fraction of sp³-hybridized carbons (Fsp3) is 0.214. The second-order valence-electron chi connectivity index (χ2n) is 4.20. The standard InChI is InChI=1S/C14H12ClF2NO2S/c1-20-11(12-4-5-13(15)21-12)7-18-14(19)9-3-2-8(16)6-10(9)17/h2-6,11H,7H2,1H3,(H,18,19). The predicted molar refractivity (Wildman–Crippen MR) is 77.8 cm³/mol. The summed E-state index contributed by atoms with van der Waals surface area (Å²) in [6, 6.07) is 6.33. The summed E-state index contributed by atoms with van der Waals surface area (Å²) in [5.41, 5.74) is -0.213. The highest BCUT2D eigenvalue weighted by Crippen LogP contribution is 2.28. The van der Waals surface area contributed by atoms with E-state index in [9.17, 15) is 13.6 Å². The van der Waals surface area contributed by atoms with Gasteiger partial charge in [0.05, 0.1) is 9.90 Å². The zero-order valence-corrected chi connectivity index (χ0v) is 12.6. The molecule has 0 aliphatic heterocycles. The van der Waals surface area contributed by atoms with Crippen LogP contribution in [-0.4, -0.2) is 19.6 Å². The van der Waals surface area contributed by atoms with E-state index in [1.165, 1.54) is 18.4 Å². The molecule has 21 heavy (non-hydrogen) atoms. The summed E-state index contributed by atoms with van der Waals surface area (Å²) in [5, 5.41) is 2.56. The Morgan fingerprint density at radius 1 is 1.38 bits per heavy atom. The zero-order valence-electron chi connectivity index (χ0n) is 11.0. The molecule has 2 rings (SSSR count). The molecule has 1 aromatic carbocycles. The second-order valence-corrected chi connectivity index (χ2v) is 5.95. The van der Waals surface area contributed by atoms with Gasteiger partial charge in [-0.1, -0.05) is 11.6 Å². The van der Waals surface area contributed by atoms with Crippen molar-refractivity contribution >= 4 is 28.8 Å². The number of amides is 1. The van der Waals surface area contributed by atoms with Gasteiger partial charge in [-0.2, -0.15) is 0 Å². The smallest absolute Gasteiger partial charge is 0.254 e. The average molecular weight is 332 g/mol. The van der Waals surface area contributed by atoms with E-state index >= 15 is 0 Å². The van der Waals surface area contributed by atoms with Crippen molar-refractivity contribution in [3.05, 3.63) is 56.7 Å². The lowest BCUT2D eigenvalue weighted by molar-refractivity contribution is 0.0834. The first-order valence-electron chi connectivity index (χ1n) is 6.02. The maximum atomic E-state index is 13.5. The highest BCUT2D eigenvalue weighted by atomic mass is 35.5. The average Bonchev–Trinajstić information content (AvgIpc) is 2.86. The normalized spacial score (nSPS) is 12.2. The molecule has 1 atom stereocenters. The molecular weight excluding hydrogens is 320 g/mol. The Hall–Kier alpha value is -1.50.